The summed E-state index contributed by atoms with van der Waals surface area (Å²) in [5, 5.41) is 0. The van der Waals surface area contributed by atoms with Gasteiger partial charge in [0.1, 0.15) is 0 Å². The van der Waals surface area contributed by atoms with E-state index in [4.69, 9.17) is 5.73 Å². The van der Waals surface area contributed by atoms with Crippen molar-refractivity contribution in [2.75, 3.05) is 39.3 Å². The van der Waals surface area contributed by atoms with Crippen LogP contribution in [0.1, 0.15) is 18.5 Å². The predicted octanol–water partition coefficient (Wildman–Crippen LogP) is 2.09. The summed E-state index contributed by atoms with van der Waals surface area (Å²) in [5.74, 6) is 0. The molecule has 2 rings (SSSR count). The smallest absolute Gasteiger partial charge is 0.0482 e. The van der Waals surface area contributed by atoms with Crippen LogP contribution in [0.5, 0.6) is 0 Å². The Morgan fingerprint density at radius 3 is 2.44 bits per heavy atom. The van der Waals surface area contributed by atoms with Crippen LogP contribution in [0.3, 0.4) is 0 Å². The van der Waals surface area contributed by atoms with Crippen LogP contribution < -0.4 is 5.73 Å². The van der Waals surface area contributed by atoms with Gasteiger partial charge in [-0.15, -0.1) is 0 Å². The van der Waals surface area contributed by atoms with Crippen molar-refractivity contribution in [2.45, 2.75) is 13.0 Å². The molecule has 1 heterocycles. The summed E-state index contributed by atoms with van der Waals surface area (Å²) >= 11 is 3.64. The molecular weight excluding hydrogens is 290 g/mol. The highest BCUT2D eigenvalue weighted by Gasteiger charge is 2.24. The van der Waals surface area contributed by atoms with E-state index in [1.807, 2.05) is 0 Å². The highest BCUT2D eigenvalue weighted by Crippen LogP contribution is 2.27. The Kier molecular flexibility index (Phi) is 5.18. The number of halogens is 1. The molecule has 1 fully saturated rings. The minimum atomic E-state index is 0.333. The summed E-state index contributed by atoms with van der Waals surface area (Å²) in [4.78, 5) is 5.00. The first-order chi connectivity index (χ1) is 8.76. The lowest BCUT2D eigenvalue weighted by atomic mass is 10.0. The van der Waals surface area contributed by atoms with Gasteiger partial charge in [-0.25, -0.2) is 0 Å². The molecule has 0 bridgehead atoms. The lowest BCUT2D eigenvalue weighted by Crippen LogP contribution is -2.48. The first-order valence-corrected chi connectivity index (χ1v) is 7.46. The summed E-state index contributed by atoms with van der Waals surface area (Å²) in [6.07, 6.45) is 0. The zero-order valence-corrected chi connectivity index (χ0v) is 12.6. The molecule has 1 aliphatic heterocycles. The molecule has 1 saturated heterocycles. The lowest BCUT2D eigenvalue weighted by Gasteiger charge is -2.39. The van der Waals surface area contributed by atoms with Gasteiger partial charge in [0.25, 0.3) is 0 Å². The van der Waals surface area contributed by atoms with Gasteiger partial charge in [0.2, 0.25) is 0 Å². The van der Waals surface area contributed by atoms with Crippen molar-refractivity contribution in [1.29, 1.82) is 0 Å². The van der Waals surface area contributed by atoms with Gasteiger partial charge in [-0.3, -0.25) is 4.90 Å². The minimum Gasteiger partial charge on any atom is -0.329 e. The van der Waals surface area contributed by atoms with Gasteiger partial charge in [-0.05, 0) is 18.2 Å². The molecule has 0 aliphatic carbocycles. The first-order valence-electron chi connectivity index (χ1n) is 6.67. The largest absolute Gasteiger partial charge is 0.329 e. The number of hydrogen-bond acceptors (Lipinski definition) is 3. The van der Waals surface area contributed by atoms with Crippen LogP contribution in [0.25, 0.3) is 0 Å². The van der Waals surface area contributed by atoms with Gasteiger partial charge in [0.05, 0.1) is 0 Å². The molecule has 100 valence electrons. The van der Waals surface area contributed by atoms with Crippen LogP contribution in [-0.4, -0.2) is 49.1 Å². The molecule has 1 aliphatic rings. The zero-order valence-electron chi connectivity index (χ0n) is 11.0. The second-order valence-electron chi connectivity index (χ2n) is 4.74. The number of rotatable bonds is 4. The molecular formula is C14H22BrN3. The molecule has 0 aromatic heterocycles. The molecule has 1 unspecified atom stereocenters. The molecule has 1 aromatic carbocycles. The van der Waals surface area contributed by atoms with Gasteiger partial charge in [-0.1, -0.05) is 41.1 Å². The molecule has 1 atom stereocenters. The Hall–Kier alpha value is -0.420. The maximum atomic E-state index is 6.00. The summed E-state index contributed by atoms with van der Waals surface area (Å²) in [6.45, 7) is 8.57. The predicted molar refractivity (Wildman–Crippen MR) is 79.6 cm³/mol. The Morgan fingerprint density at radius 2 is 1.89 bits per heavy atom. The Labute approximate surface area is 118 Å². The maximum absolute atomic E-state index is 6.00. The van der Waals surface area contributed by atoms with Crippen molar-refractivity contribution in [3.63, 3.8) is 0 Å². The number of likely N-dealkylation sites (N-methyl/N-ethyl adjacent to an activating group) is 1. The van der Waals surface area contributed by atoms with E-state index in [0.29, 0.717) is 12.6 Å². The minimum absolute atomic E-state index is 0.333. The van der Waals surface area contributed by atoms with E-state index in [9.17, 15) is 0 Å². The Morgan fingerprint density at radius 1 is 1.22 bits per heavy atom. The quantitative estimate of drug-likeness (QED) is 0.924. The van der Waals surface area contributed by atoms with E-state index in [2.05, 4.69) is 56.9 Å². The molecule has 0 saturated carbocycles. The first kappa shape index (κ1) is 14.0. The highest BCUT2D eigenvalue weighted by atomic mass is 79.9. The average Bonchev–Trinajstić information content (AvgIpc) is 2.42. The van der Waals surface area contributed by atoms with E-state index in [-0.39, 0.29) is 0 Å². The van der Waals surface area contributed by atoms with Gasteiger partial charge in [0.15, 0.2) is 0 Å². The van der Waals surface area contributed by atoms with Crippen LogP contribution >= 0.6 is 15.9 Å². The van der Waals surface area contributed by atoms with Crippen molar-refractivity contribution >= 4 is 15.9 Å². The van der Waals surface area contributed by atoms with E-state index >= 15 is 0 Å². The third-order valence-corrected chi connectivity index (χ3v) is 4.50. The van der Waals surface area contributed by atoms with Gasteiger partial charge < -0.3 is 10.6 Å². The fourth-order valence-electron chi connectivity index (χ4n) is 2.61. The Balaban J connectivity index is 2.08. The van der Waals surface area contributed by atoms with E-state index < -0.39 is 0 Å². The summed E-state index contributed by atoms with van der Waals surface area (Å²) < 4.78 is 1.17. The fraction of sp³-hybridized carbons (Fsp3) is 0.571. The zero-order chi connectivity index (χ0) is 13.0. The monoisotopic (exact) mass is 311 g/mol. The SMILES string of the molecule is CCN1CCN(C(CN)c2ccccc2Br)CC1. The molecule has 0 radical (unpaired) electrons. The van der Waals surface area contributed by atoms with Crippen LogP contribution in [0.2, 0.25) is 0 Å². The molecule has 0 amide bonds. The second-order valence-corrected chi connectivity index (χ2v) is 5.60. The van der Waals surface area contributed by atoms with Crippen LogP contribution in [0.4, 0.5) is 0 Å². The van der Waals surface area contributed by atoms with Crippen molar-refractivity contribution in [1.82, 2.24) is 9.80 Å². The van der Waals surface area contributed by atoms with E-state index in [1.165, 1.54) is 10.0 Å². The molecule has 1 aromatic rings. The molecule has 18 heavy (non-hydrogen) atoms. The van der Waals surface area contributed by atoms with Crippen molar-refractivity contribution < 1.29 is 0 Å². The van der Waals surface area contributed by atoms with Gasteiger partial charge in [0, 0.05) is 43.2 Å². The number of nitrogens with two attached hydrogens (primary N) is 1. The maximum Gasteiger partial charge on any atom is 0.0482 e. The topological polar surface area (TPSA) is 32.5 Å². The van der Waals surface area contributed by atoms with Crippen molar-refractivity contribution in [2.24, 2.45) is 5.73 Å². The number of hydrogen-bond donors (Lipinski definition) is 1. The third-order valence-electron chi connectivity index (χ3n) is 3.78. The van der Waals surface area contributed by atoms with Crippen molar-refractivity contribution in [3.8, 4) is 0 Å². The standard InChI is InChI=1S/C14H22BrN3/c1-2-17-7-9-18(10-8-17)14(11-16)12-5-3-4-6-13(12)15/h3-6,14H,2,7-11,16H2,1H3. The summed E-state index contributed by atoms with van der Waals surface area (Å²) in [5.41, 5.74) is 7.31. The highest BCUT2D eigenvalue weighted by molar-refractivity contribution is 9.10. The van der Waals surface area contributed by atoms with E-state index in [1.54, 1.807) is 0 Å². The van der Waals surface area contributed by atoms with Gasteiger partial charge in [-0.2, -0.15) is 0 Å². The summed E-state index contributed by atoms with van der Waals surface area (Å²) in [6, 6.07) is 8.74. The third kappa shape index (κ3) is 3.12. The molecule has 0 spiro atoms. The summed E-state index contributed by atoms with van der Waals surface area (Å²) in [7, 11) is 0. The van der Waals surface area contributed by atoms with Crippen LogP contribution in [0.15, 0.2) is 28.7 Å². The number of nitrogens with zero attached hydrogens (tertiary/aromatic N) is 2. The lowest BCUT2D eigenvalue weighted by molar-refractivity contribution is 0.102. The molecule has 4 heteroatoms. The molecule has 2 N–H and O–H groups in total. The van der Waals surface area contributed by atoms with Crippen molar-refractivity contribution in [3.05, 3.63) is 34.3 Å². The molecule has 3 nitrogen and oxygen atoms in total. The Bertz CT molecular complexity index is 375. The van der Waals surface area contributed by atoms with Crippen LogP contribution in [-0.2, 0) is 0 Å². The van der Waals surface area contributed by atoms with Gasteiger partial charge >= 0.3 is 0 Å². The van der Waals surface area contributed by atoms with Crippen LogP contribution in [0, 0.1) is 0 Å². The fourth-order valence-corrected chi connectivity index (χ4v) is 3.16. The number of piperazine rings is 1. The average molecular weight is 312 g/mol. The number of benzene rings is 1. The normalized spacial score (nSPS) is 19.9. The van der Waals surface area contributed by atoms with E-state index in [0.717, 1.165) is 32.7 Å². The second kappa shape index (κ2) is 6.66.